The Kier molecular flexibility index (Phi) is 2.48. The smallest absolute Gasteiger partial charge is 0.252 e. The zero-order chi connectivity index (χ0) is 12.9. The van der Waals surface area contributed by atoms with Crippen molar-refractivity contribution in [1.82, 2.24) is 0 Å². The van der Waals surface area contributed by atoms with E-state index in [1.165, 1.54) is 12.2 Å². The van der Waals surface area contributed by atoms with Crippen LogP contribution in [-0.2, 0) is 0 Å². The molecule has 92 valence electrons. The van der Waals surface area contributed by atoms with Gasteiger partial charge in [0.1, 0.15) is 0 Å². The first-order valence-electron chi connectivity index (χ1n) is 5.32. The Hall–Kier alpha value is -1.36. The maximum atomic E-state index is 12.7. The van der Waals surface area contributed by atoms with Gasteiger partial charge in [-0.2, -0.15) is 13.2 Å². The second-order valence-corrected chi connectivity index (χ2v) is 5.06. The summed E-state index contributed by atoms with van der Waals surface area (Å²) in [5.74, 6) is 0. The van der Waals surface area contributed by atoms with Gasteiger partial charge in [0.05, 0.1) is 17.0 Å². The molecule has 0 saturated heterocycles. The van der Waals surface area contributed by atoms with Gasteiger partial charge in [0.25, 0.3) is 0 Å². The van der Waals surface area contributed by atoms with E-state index in [4.69, 9.17) is 0 Å². The average molecular weight is 314 g/mol. The van der Waals surface area contributed by atoms with Gasteiger partial charge in [-0.05, 0) is 24.3 Å². The largest absolute Gasteiger partial charge is 0.416 e. The van der Waals surface area contributed by atoms with E-state index < -0.39 is 11.7 Å². The molecule has 5 heteroatoms. The van der Waals surface area contributed by atoms with Crippen molar-refractivity contribution in [2.75, 3.05) is 0 Å². The highest BCUT2D eigenvalue weighted by atomic mass is 79.9. The maximum absolute atomic E-state index is 12.7. The van der Waals surface area contributed by atoms with Crippen LogP contribution in [0.3, 0.4) is 0 Å². The lowest BCUT2D eigenvalue weighted by Crippen LogP contribution is -2.14. The minimum Gasteiger partial charge on any atom is -0.252 e. The molecule has 1 aliphatic carbocycles. The Morgan fingerprint density at radius 3 is 2.72 bits per heavy atom. The quantitative estimate of drug-likeness (QED) is 0.651. The fourth-order valence-corrected chi connectivity index (χ4v) is 2.48. The lowest BCUT2D eigenvalue weighted by Gasteiger charge is -2.14. The van der Waals surface area contributed by atoms with Gasteiger partial charge in [0.15, 0.2) is 0 Å². The van der Waals surface area contributed by atoms with Crippen molar-refractivity contribution in [3.63, 3.8) is 0 Å². The molecule has 3 rings (SSSR count). The predicted octanol–water partition coefficient (Wildman–Crippen LogP) is 4.81. The minimum atomic E-state index is -4.30. The molecular weight excluding hydrogens is 307 g/mol. The van der Waals surface area contributed by atoms with E-state index in [-0.39, 0.29) is 6.42 Å². The van der Waals surface area contributed by atoms with Crippen molar-refractivity contribution >= 4 is 32.9 Å². The second-order valence-electron chi connectivity index (χ2n) is 4.14. The van der Waals surface area contributed by atoms with Crippen LogP contribution in [0.5, 0.6) is 0 Å². The molecule has 1 heterocycles. The molecule has 0 N–H and O–H groups in total. The van der Waals surface area contributed by atoms with Crippen molar-refractivity contribution in [2.45, 2.75) is 12.6 Å². The summed E-state index contributed by atoms with van der Waals surface area (Å²) in [5, 5.41) is 0. The van der Waals surface area contributed by atoms with E-state index >= 15 is 0 Å². The molecular formula is C13H7BrF3N. The number of benzene rings is 1. The fourth-order valence-electron chi connectivity index (χ4n) is 2.12. The number of rotatable bonds is 0. The first kappa shape index (κ1) is 11.7. The Morgan fingerprint density at radius 2 is 2.00 bits per heavy atom. The predicted molar refractivity (Wildman–Crippen MR) is 68.0 cm³/mol. The van der Waals surface area contributed by atoms with Crippen molar-refractivity contribution in [2.24, 2.45) is 4.99 Å². The van der Waals surface area contributed by atoms with Crippen molar-refractivity contribution in [3.8, 4) is 0 Å². The summed E-state index contributed by atoms with van der Waals surface area (Å²) in [6, 6.07) is 5.44. The van der Waals surface area contributed by atoms with Gasteiger partial charge < -0.3 is 0 Å². The zero-order valence-corrected chi connectivity index (χ0v) is 10.6. The highest BCUT2D eigenvalue weighted by Gasteiger charge is 2.35. The van der Waals surface area contributed by atoms with Gasteiger partial charge in [-0.25, -0.2) is 0 Å². The van der Waals surface area contributed by atoms with Crippen molar-refractivity contribution < 1.29 is 13.2 Å². The number of hydrogen-bond donors (Lipinski definition) is 0. The van der Waals surface area contributed by atoms with Gasteiger partial charge in [-0.1, -0.05) is 22.0 Å². The molecule has 0 saturated carbocycles. The van der Waals surface area contributed by atoms with Crippen LogP contribution in [0.15, 0.2) is 45.4 Å². The molecule has 0 radical (unpaired) electrons. The van der Waals surface area contributed by atoms with Crippen LogP contribution in [0.1, 0.15) is 12.0 Å². The molecule has 0 spiro atoms. The van der Waals surface area contributed by atoms with E-state index in [1.54, 1.807) is 12.1 Å². The Balaban J connectivity index is 2.11. The highest BCUT2D eigenvalue weighted by molar-refractivity contribution is 9.10. The Labute approximate surface area is 110 Å². The molecule has 0 fully saturated rings. The molecule has 2 aliphatic rings. The first-order chi connectivity index (χ1) is 8.45. The molecule has 0 bridgehead atoms. The normalized spacial score (nSPS) is 17.7. The molecule has 1 aliphatic heterocycles. The van der Waals surface area contributed by atoms with E-state index in [9.17, 15) is 13.2 Å². The standard InChI is InChI=1S/C13H7BrF3N/c14-8-2-4-12-10(6-8)9-5-7(13(15,16)17)1-3-11(9)18-12/h1-2,4-6H,3H2. The number of halogens is 4. The number of hydrogen-bond acceptors (Lipinski definition) is 1. The third-order valence-electron chi connectivity index (χ3n) is 2.96. The molecule has 18 heavy (non-hydrogen) atoms. The average Bonchev–Trinajstić information content (AvgIpc) is 2.65. The SMILES string of the molecule is FC(F)(F)C1=CCC2=Nc3ccc(Br)cc3C2=C1. The van der Waals surface area contributed by atoms with E-state index in [0.29, 0.717) is 11.3 Å². The summed E-state index contributed by atoms with van der Waals surface area (Å²) >= 11 is 3.32. The minimum absolute atomic E-state index is 0.229. The zero-order valence-electron chi connectivity index (χ0n) is 9.05. The molecule has 1 aromatic carbocycles. The molecule has 0 amide bonds. The summed E-state index contributed by atoms with van der Waals surface area (Å²) in [5.41, 5.74) is 2.19. The fraction of sp³-hybridized carbons (Fsp3) is 0.154. The van der Waals surface area contributed by atoms with Crippen LogP contribution >= 0.6 is 15.9 Å². The van der Waals surface area contributed by atoms with Gasteiger partial charge >= 0.3 is 6.18 Å². The highest BCUT2D eigenvalue weighted by Crippen LogP contribution is 2.42. The van der Waals surface area contributed by atoms with Crippen LogP contribution in [0, 0.1) is 0 Å². The maximum Gasteiger partial charge on any atom is 0.416 e. The van der Waals surface area contributed by atoms with E-state index in [2.05, 4.69) is 20.9 Å². The lowest BCUT2D eigenvalue weighted by molar-refractivity contribution is -0.0883. The monoisotopic (exact) mass is 313 g/mol. The van der Waals surface area contributed by atoms with Crippen LogP contribution in [0.25, 0.3) is 5.57 Å². The number of fused-ring (bicyclic) bond motifs is 3. The van der Waals surface area contributed by atoms with Gasteiger partial charge in [0.2, 0.25) is 0 Å². The number of nitrogens with zero attached hydrogens (tertiary/aromatic N) is 1. The summed E-state index contributed by atoms with van der Waals surface area (Å²) in [7, 11) is 0. The Morgan fingerprint density at radius 1 is 1.22 bits per heavy atom. The number of aliphatic imine (C=N–C) groups is 1. The molecule has 1 nitrogen and oxygen atoms in total. The number of allylic oxidation sites excluding steroid dienone is 4. The third-order valence-corrected chi connectivity index (χ3v) is 3.45. The van der Waals surface area contributed by atoms with Gasteiger partial charge in [-0.15, -0.1) is 0 Å². The van der Waals surface area contributed by atoms with Crippen molar-refractivity contribution in [3.05, 3.63) is 46.0 Å². The van der Waals surface area contributed by atoms with E-state index in [1.807, 2.05) is 6.07 Å². The third kappa shape index (κ3) is 1.82. The first-order valence-corrected chi connectivity index (χ1v) is 6.11. The van der Waals surface area contributed by atoms with Gasteiger partial charge in [0, 0.05) is 22.0 Å². The van der Waals surface area contributed by atoms with E-state index in [0.717, 1.165) is 15.7 Å². The molecule has 0 atom stereocenters. The summed E-state index contributed by atoms with van der Waals surface area (Å²) in [6.45, 7) is 0. The molecule has 0 aromatic heterocycles. The van der Waals surface area contributed by atoms with Gasteiger partial charge in [-0.3, -0.25) is 4.99 Å². The van der Waals surface area contributed by atoms with Crippen LogP contribution < -0.4 is 0 Å². The summed E-state index contributed by atoms with van der Waals surface area (Å²) in [6.07, 6.45) is -1.70. The lowest BCUT2D eigenvalue weighted by atomic mass is 9.93. The topological polar surface area (TPSA) is 12.4 Å². The number of alkyl halides is 3. The second kappa shape index (κ2) is 3.82. The van der Waals surface area contributed by atoms with Crippen molar-refractivity contribution in [1.29, 1.82) is 0 Å². The summed E-state index contributed by atoms with van der Waals surface area (Å²) in [4.78, 5) is 4.35. The Bertz CT molecular complexity index is 624. The van der Waals surface area contributed by atoms with Crippen LogP contribution in [-0.4, -0.2) is 11.9 Å². The van der Waals surface area contributed by atoms with Crippen LogP contribution in [0.4, 0.5) is 18.9 Å². The molecule has 1 aromatic rings. The van der Waals surface area contributed by atoms with Crippen LogP contribution in [0.2, 0.25) is 0 Å². The summed E-state index contributed by atoms with van der Waals surface area (Å²) < 4.78 is 38.9. The molecule has 0 unspecified atom stereocenters.